The van der Waals surface area contributed by atoms with Crippen molar-refractivity contribution in [3.8, 4) is 5.88 Å². The lowest BCUT2D eigenvalue weighted by Gasteiger charge is -1.97. The van der Waals surface area contributed by atoms with E-state index in [0.29, 0.717) is 0 Å². The Morgan fingerprint density at radius 1 is 1.67 bits per heavy atom. The number of nitrogens with one attached hydrogen (secondary N) is 1. The van der Waals surface area contributed by atoms with Crippen LogP contribution in [0.15, 0.2) is 11.1 Å². The predicted octanol–water partition coefficient (Wildman–Crippen LogP) is -1.29. The highest BCUT2D eigenvalue weighted by atomic mass is 16.3. The van der Waals surface area contributed by atoms with Gasteiger partial charge in [0.05, 0.1) is 0 Å². The van der Waals surface area contributed by atoms with E-state index in [9.17, 15) is 9.90 Å². The Labute approximate surface area is 65.5 Å². The topological polar surface area (TPSA) is 109 Å². The number of rotatable bonds is 0. The minimum atomic E-state index is -0.576. The van der Waals surface area contributed by atoms with Crippen LogP contribution in [-0.4, -0.2) is 24.7 Å². The molecule has 7 nitrogen and oxygen atoms in total. The van der Waals surface area contributed by atoms with Crippen LogP contribution in [0.2, 0.25) is 0 Å². The van der Waals surface area contributed by atoms with Gasteiger partial charge in [0.2, 0.25) is 11.7 Å². The molecule has 2 aromatic heterocycles. The SMILES string of the molecule is Nc1c(O)n2ncnc2[nH]c1=O. The molecule has 2 rings (SSSR count). The summed E-state index contributed by atoms with van der Waals surface area (Å²) in [5.41, 5.74) is 4.38. The van der Waals surface area contributed by atoms with Gasteiger partial charge in [-0.25, -0.2) is 0 Å². The number of anilines is 1. The number of aromatic amines is 1. The molecule has 0 saturated heterocycles. The number of nitrogens with two attached hydrogens (primary N) is 1. The van der Waals surface area contributed by atoms with E-state index in [0.717, 1.165) is 4.52 Å². The van der Waals surface area contributed by atoms with E-state index in [1.165, 1.54) is 6.33 Å². The van der Waals surface area contributed by atoms with Gasteiger partial charge in [-0.3, -0.25) is 9.78 Å². The van der Waals surface area contributed by atoms with Gasteiger partial charge in [0.25, 0.3) is 5.56 Å². The molecule has 0 aliphatic carbocycles. The van der Waals surface area contributed by atoms with Crippen molar-refractivity contribution in [3.05, 3.63) is 16.7 Å². The number of aromatic nitrogens is 4. The van der Waals surface area contributed by atoms with Crippen molar-refractivity contribution in [3.63, 3.8) is 0 Å². The predicted molar refractivity (Wildman–Crippen MR) is 39.7 cm³/mol. The maximum Gasteiger partial charge on any atom is 0.279 e. The average Bonchev–Trinajstić information content (AvgIpc) is 2.48. The molecule has 0 unspecified atom stereocenters. The van der Waals surface area contributed by atoms with Gasteiger partial charge < -0.3 is 10.8 Å². The molecule has 0 radical (unpaired) electrons. The van der Waals surface area contributed by atoms with Crippen LogP contribution in [-0.2, 0) is 0 Å². The highest BCUT2D eigenvalue weighted by Crippen LogP contribution is 2.12. The van der Waals surface area contributed by atoms with E-state index in [2.05, 4.69) is 15.1 Å². The Bertz CT molecular complexity index is 484. The Hall–Kier alpha value is -2.05. The van der Waals surface area contributed by atoms with Crippen molar-refractivity contribution >= 4 is 11.5 Å². The Morgan fingerprint density at radius 2 is 2.42 bits per heavy atom. The van der Waals surface area contributed by atoms with Gasteiger partial charge >= 0.3 is 0 Å². The summed E-state index contributed by atoms with van der Waals surface area (Å²) in [7, 11) is 0. The first-order valence-electron chi connectivity index (χ1n) is 3.10. The third-order valence-corrected chi connectivity index (χ3v) is 1.46. The van der Waals surface area contributed by atoms with Gasteiger partial charge in [-0.15, -0.1) is 0 Å². The summed E-state index contributed by atoms with van der Waals surface area (Å²) in [5, 5.41) is 12.9. The highest BCUT2D eigenvalue weighted by molar-refractivity contribution is 5.49. The smallest absolute Gasteiger partial charge is 0.279 e. The summed E-state index contributed by atoms with van der Waals surface area (Å²) in [6, 6.07) is 0. The van der Waals surface area contributed by atoms with Crippen LogP contribution in [0.25, 0.3) is 5.78 Å². The van der Waals surface area contributed by atoms with Gasteiger partial charge in [-0.2, -0.15) is 14.6 Å². The van der Waals surface area contributed by atoms with E-state index in [1.807, 2.05) is 0 Å². The summed E-state index contributed by atoms with van der Waals surface area (Å²) in [4.78, 5) is 16.9. The van der Waals surface area contributed by atoms with Crippen LogP contribution in [0.4, 0.5) is 5.69 Å². The van der Waals surface area contributed by atoms with Crippen molar-refractivity contribution in [2.75, 3.05) is 5.73 Å². The molecule has 0 saturated carbocycles. The summed E-state index contributed by atoms with van der Waals surface area (Å²) in [6.45, 7) is 0. The number of nitrogen functional groups attached to an aromatic ring is 1. The van der Waals surface area contributed by atoms with Gasteiger partial charge in [0, 0.05) is 0 Å². The van der Waals surface area contributed by atoms with Crippen LogP contribution in [0.5, 0.6) is 5.88 Å². The molecule has 7 heteroatoms. The molecule has 0 spiro atoms. The molecule has 62 valence electrons. The van der Waals surface area contributed by atoms with Crippen LogP contribution >= 0.6 is 0 Å². The van der Waals surface area contributed by atoms with Crippen LogP contribution in [0.1, 0.15) is 0 Å². The number of nitrogens with zero attached hydrogens (tertiary/aromatic N) is 3. The fourth-order valence-corrected chi connectivity index (χ4v) is 0.866. The summed E-state index contributed by atoms with van der Waals surface area (Å²) in [6.07, 6.45) is 1.20. The molecule has 0 bridgehead atoms. The normalized spacial score (nSPS) is 10.7. The van der Waals surface area contributed by atoms with E-state index in [1.54, 1.807) is 0 Å². The van der Waals surface area contributed by atoms with Crippen molar-refractivity contribution in [2.45, 2.75) is 0 Å². The number of hydrogen-bond donors (Lipinski definition) is 3. The third kappa shape index (κ3) is 0.669. The highest BCUT2D eigenvalue weighted by Gasteiger charge is 2.08. The molecule has 2 aromatic rings. The quantitative estimate of drug-likeness (QED) is 0.452. The lowest BCUT2D eigenvalue weighted by atomic mass is 10.5. The van der Waals surface area contributed by atoms with Gasteiger partial charge in [-0.1, -0.05) is 0 Å². The number of H-pyrrole nitrogens is 1. The molecule has 0 aliphatic rings. The molecule has 2 heterocycles. The first-order chi connectivity index (χ1) is 5.70. The van der Waals surface area contributed by atoms with E-state index < -0.39 is 11.4 Å². The van der Waals surface area contributed by atoms with Crippen molar-refractivity contribution in [1.82, 2.24) is 19.6 Å². The van der Waals surface area contributed by atoms with Crippen LogP contribution in [0.3, 0.4) is 0 Å². The zero-order valence-corrected chi connectivity index (χ0v) is 5.85. The molecule has 0 amide bonds. The number of hydrogen-bond acceptors (Lipinski definition) is 5. The molecule has 0 fully saturated rings. The second kappa shape index (κ2) is 1.97. The lowest BCUT2D eigenvalue weighted by molar-refractivity contribution is 0.437. The summed E-state index contributed by atoms with van der Waals surface area (Å²) in [5.74, 6) is -0.238. The van der Waals surface area contributed by atoms with Crippen LogP contribution < -0.4 is 11.3 Å². The van der Waals surface area contributed by atoms with Crippen molar-refractivity contribution in [1.29, 1.82) is 0 Å². The van der Waals surface area contributed by atoms with Gasteiger partial charge in [-0.05, 0) is 0 Å². The lowest BCUT2D eigenvalue weighted by Crippen LogP contribution is -2.14. The first kappa shape index (κ1) is 6.65. The Balaban J connectivity index is 3.04. The zero-order valence-electron chi connectivity index (χ0n) is 5.85. The monoisotopic (exact) mass is 167 g/mol. The maximum atomic E-state index is 10.9. The minimum Gasteiger partial charge on any atom is -0.492 e. The van der Waals surface area contributed by atoms with Gasteiger partial charge in [0.15, 0.2) is 5.69 Å². The largest absolute Gasteiger partial charge is 0.492 e. The molecular weight excluding hydrogens is 162 g/mol. The average molecular weight is 167 g/mol. The van der Waals surface area contributed by atoms with Gasteiger partial charge in [0.1, 0.15) is 6.33 Å². The Morgan fingerprint density at radius 3 is 3.17 bits per heavy atom. The summed E-state index contributed by atoms with van der Waals surface area (Å²) < 4.78 is 1.04. The molecule has 0 aliphatic heterocycles. The first-order valence-corrected chi connectivity index (χ1v) is 3.10. The van der Waals surface area contributed by atoms with Crippen molar-refractivity contribution < 1.29 is 5.11 Å². The molecule has 0 atom stereocenters. The Kier molecular flexibility index (Phi) is 1.09. The molecule has 12 heavy (non-hydrogen) atoms. The maximum absolute atomic E-state index is 10.9. The van der Waals surface area contributed by atoms with E-state index in [4.69, 9.17) is 5.73 Å². The fraction of sp³-hybridized carbons (Fsp3) is 0. The van der Waals surface area contributed by atoms with Crippen LogP contribution in [0, 0.1) is 0 Å². The molecule has 4 N–H and O–H groups in total. The van der Waals surface area contributed by atoms with Crippen molar-refractivity contribution in [2.24, 2.45) is 0 Å². The third-order valence-electron chi connectivity index (χ3n) is 1.46. The second-order valence-electron chi connectivity index (χ2n) is 2.19. The van der Waals surface area contributed by atoms with E-state index >= 15 is 0 Å². The number of aromatic hydroxyl groups is 1. The second-order valence-corrected chi connectivity index (χ2v) is 2.19. The summed E-state index contributed by atoms with van der Waals surface area (Å²) >= 11 is 0. The fourth-order valence-electron chi connectivity index (χ4n) is 0.866. The van der Waals surface area contributed by atoms with E-state index in [-0.39, 0.29) is 11.5 Å². The molecular formula is C5H5N5O2. The standard InChI is InChI=1S/C5H5N5O2/c6-2-3(11)9-5-7-1-8-10(5)4(2)12/h1,12H,6H2,(H,7,8,9,11). The number of fused-ring (bicyclic) bond motifs is 1. The molecule has 0 aromatic carbocycles. The zero-order chi connectivity index (χ0) is 8.72. The minimum absolute atomic E-state index is 0.159.